The molecule has 0 aromatic rings. The van der Waals surface area contributed by atoms with Gasteiger partial charge in [0.05, 0.1) is 6.42 Å². The van der Waals surface area contributed by atoms with Gasteiger partial charge in [-0.15, -0.1) is 0 Å². The van der Waals surface area contributed by atoms with Crippen LogP contribution in [0.4, 0.5) is 0 Å². The molecule has 100 valence electrons. The number of carbonyl (C=O) groups is 1. The van der Waals surface area contributed by atoms with Crippen molar-refractivity contribution in [1.29, 1.82) is 0 Å². The van der Waals surface area contributed by atoms with Crippen molar-refractivity contribution >= 4 is 5.97 Å². The van der Waals surface area contributed by atoms with E-state index >= 15 is 0 Å². The van der Waals surface area contributed by atoms with Crippen LogP contribution in [0.3, 0.4) is 0 Å². The molecule has 3 nitrogen and oxygen atoms in total. The van der Waals surface area contributed by atoms with E-state index in [9.17, 15) is 4.79 Å². The molecule has 3 N–H and O–H groups in total. The number of carboxylic acids is 1. The molecule has 0 aliphatic heterocycles. The topological polar surface area (TPSA) is 63.3 Å². The highest BCUT2D eigenvalue weighted by Crippen LogP contribution is 2.50. The number of carboxylic acid groups (broad SMARTS) is 1. The van der Waals surface area contributed by atoms with E-state index in [1.807, 2.05) is 0 Å². The fourth-order valence-electron chi connectivity index (χ4n) is 3.65. The fraction of sp³-hybridized carbons (Fsp3) is 0.929. The third-order valence-corrected chi connectivity index (χ3v) is 4.34. The molecular weight excluding hydrogens is 214 g/mol. The van der Waals surface area contributed by atoms with E-state index in [0.717, 1.165) is 12.8 Å². The summed E-state index contributed by atoms with van der Waals surface area (Å²) in [6.45, 7) is 4.95. The van der Waals surface area contributed by atoms with Crippen molar-refractivity contribution < 1.29 is 9.90 Å². The SMILES string of the molecule is CCC[C@H]1CC(CN)(CC(=O)O)C[C@@H]1CCC. The number of hydrogen-bond donors (Lipinski definition) is 2. The van der Waals surface area contributed by atoms with Crippen molar-refractivity contribution in [3.63, 3.8) is 0 Å². The van der Waals surface area contributed by atoms with Crippen LogP contribution in [0.5, 0.6) is 0 Å². The van der Waals surface area contributed by atoms with Crippen molar-refractivity contribution in [1.82, 2.24) is 0 Å². The minimum absolute atomic E-state index is 0.120. The van der Waals surface area contributed by atoms with Gasteiger partial charge in [-0.05, 0) is 36.6 Å². The summed E-state index contributed by atoms with van der Waals surface area (Å²) < 4.78 is 0. The summed E-state index contributed by atoms with van der Waals surface area (Å²) in [5, 5.41) is 9.05. The van der Waals surface area contributed by atoms with E-state index in [4.69, 9.17) is 10.8 Å². The van der Waals surface area contributed by atoms with E-state index in [2.05, 4.69) is 13.8 Å². The first-order valence-electron chi connectivity index (χ1n) is 6.98. The Morgan fingerprint density at radius 3 is 2.00 bits per heavy atom. The second-order valence-electron chi connectivity index (χ2n) is 5.78. The van der Waals surface area contributed by atoms with Gasteiger partial charge < -0.3 is 10.8 Å². The second kappa shape index (κ2) is 6.39. The standard InChI is InChI=1S/C14H27NO2/c1-3-5-11-7-14(10-15,9-13(16)17)8-12(11)6-4-2/h11-12H,3-10,15H2,1-2H3,(H,16,17)/t11-,12-/m0/s1. The Bertz CT molecular complexity index is 239. The Balaban J connectivity index is 2.72. The molecule has 0 amide bonds. The van der Waals surface area contributed by atoms with Crippen LogP contribution in [0, 0.1) is 17.3 Å². The number of aliphatic carboxylic acids is 1. The van der Waals surface area contributed by atoms with Crippen LogP contribution >= 0.6 is 0 Å². The summed E-state index contributed by atoms with van der Waals surface area (Å²) >= 11 is 0. The van der Waals surface area contributed by atoms with E-state index < -0.39 is 5.97 Å². The largest absolute Gasteiger partial charge is 0.481 e. The first-order chi connectivity index (χ1) is 8.06. The molecule has 0 heterocycles. The normalized spacial score (nSPS) is 27.2. The van der Waals surface area contributed by atoms with Crippen LogP contribution in [0.15, 0.2) is 0 Å². The van der Waals surface area contributed by atoms with Gasteiger partial charge >= 0.3 is 5.97 Å². The summed E-state index contributed by atoms with van der Waals surface area (Å²) in [4.78, 5) is 11.0. The zero-order valence-electron chi connectivity index (χ0n) is 11.2. The van der Waals surface area contributed by atoms with Crippen molar-refractivity contribution in [2.24, 2.45) is 23.0 Å². The molecule has 0 saturated heterocycles. The highest BCUT2D eigenvalue weighted by atomic mass is 16.4. The second-order valence-corrected chi connectivity index (χ2v) is 5.78. The van der Waals surface area contributed by atoms with Crippen molar-refractivity contribution in [2.45, 2.75) is 58.8 Å². The zero-order chi connectivity index (χ0) is 12.9. The Labute approximate surface area is 105 Å². The maximum absolute atomic E-state index is 11.0. The quantitative estimate of drug-likeness (QED) is 0.720. The van der Waals surface area contributed by atoms with E-state index in [-0.39, 0.29) is 11.8 Å². The molecule has 1 fully saturated rings. The molecule has 0 aromatic heterocycles. The van der Waals surface area contributed by atoms with Gasteiger partial charge in [0, 0.05) is 0 Å². The first kappa shape index (κ1) is 14.5. The Morgan fingerprint density at radius 2 is 1.71 bits per heavy atom. The molecular formula is C14H27NO2. The lowest BCUT2D eigenvalue weighted by Gasteiger charge is -2.25. The van der Waals surface area contributed by atoms with E-state index in [1.165, 1.54) is 25.7 Å². The van der Waals surface area contributed by atoms with Crippen molar-refractivity contribution in [3.05, 3.63) is 0 Å². The van der Waals surface area contributed by atoms with Crippen LogP contribution in [-0.4, -0.2) is 17.6 Å². The van der Waals surface area contributed by atoms with E-state index in [1.54, 1.807) is 0 Å². The highest BCUT2D eigenvalue weighted by Gasteiger charge is 2.44. The summed E-state index contributed by atoms with van der Waals surface area (Å²) in [5.41, 5.74) is 5.75. The smallest absolute Gasteiger partial charge is 0.303 e. The fourth-order valence-corrected chi connectivity index (χ4v) is 3.65. The molecule has 3 heteroatoms. The summed E-state index contributed by atoms with van der Waals surface area (Å²) in [6, 6.07) is 0. The summed E-state index contributed by atoms with van der Waals surface area (Å²) in [6.07, 6.45) is 7.14. The lowest BCUT2D eigenvalue weighted by Crippen LogP contribution is -2.30. The predicted molar refractivity (Wildman–Crippen MR) is 69.8 cm³/mol. The number of rotatable bonds is 7. The first-order valence-corrected chi connectivity index (χ1v) is 6.98. The van der Waals surface area contributed by atoms with Crippen LogP contribution in [-0.2, 0) is 4.79 Å². The van der Waals surface area contributed by atoms with Gasteiger partial charge in [0.25, 0.3) is 0 Å². The van der Waals surface area contributed by atoms with Gasteiger partial charge in [-0.1, -0.05) is 39.5 Å². The molecule has 0 bridgehead atoms. The third-order valence-electron chi connectivity index (χ3n) is 4.34. The molecule has 1 saturated carbocycles. The van der Waals surface area contributed by atoms with E-state index in [0.29, 0.717) is 18.4 Å². The van der Waals surface area contributed by atoms with Gasteiger partial charge in [-0.3, -0.25) is 4.79 Å². The zero-order valence-corrected chi connectivity index (χ0v) is 11.2. The molecule has 2 atom stereocenters. The van der Waals surface area contributed by atoms with Gasteiger partial charge in [-0.2, -0.15) is 0 Å². The van der Waals surface area contributed by atoms with Gasteiger partial charge in [0.15, 0.2) is 0 Å². The number of nitrogens with two attached hydrogens (primary N) is 1. The average Bonchev–Trinajstić information content (AvgIpc) is 2.58. The lowest BCUT2D eigenvalue weighted by atomic mass is 9.81. The molecule has 1 aliphatic carbocycles. The molecule has 0 radical (unpaired) electrons. The molecule has 1 rings (SSSR count). The van der Waals surface area contributed by atoms with Crippen LogP contribution in [0.2, 0.25) is 0 Å². The lowest BCUT2D eigenvalue weighted by molar-refractivity contribution is -0.139. The van der Waals surface area contributed by atoms with Gasteiger partial charge in [-0.25, -0.2) is 0 Å². The van der Waals surface area contributed by atoms with Gasteiger partial charge in [0.2, 0.25) is 0 Å². The molecule has 1 aliphatic rings. The Hall–Kier alpha value is -0.570. The Morgan fingerprint density at radius 1 is 1.24 bits per heavy atom. The minimum Gasteiger partial charge on any atom is -0.481 e. The van der Waals surface area contributed by atoms with Crippen molar-refractivity contribution in [2.75, 3.05) is 6.54 Å². The van der Waals surface area contributed by atoms with Crippen molar-refractivity contribution in [3.8, 4) is 0 Å². The minimum atomic E-state index is -0.692. The van der Waals surface area contributed by atoms with Crippen LogP contribution < -0.4 is 5.73 Å². The third kappa shape index (κ3) is 3.70. The van der Waals surface area contributed by atoms with Crippen LogP contribution in [0.25, 0.3) is 0 Å². The summed E-state index contributed by atoms with van der Waals surface area (Å²) in [7, 11) is 0. The molecule has 0 unspecified atom stereocenters. The maximum atomic E-state index is 11.0. The maximum Gasteiger partial charge on any atom is 0.303 e. The molecule has 17 heavy (non-hydrogen) atoms. The number of hydrogen-bond acceptors (Lipinski definition) is 2. The summed E-state index contributed by atoms with van der Waals surface area (Å²) in [5.74, 6) is 0.702. The molecule has 0 aromatic carbocycles. The monoisotopic (exact) mass is 241 g/mol. The average molecular weight is 241 g/mol. The predicted octanol–water partition coefficient (Wildman–Crippen LogP) is 3.03. The van der Waals surface area contributed by atoms with Crippen LogP contribution in [0.1, 0.15) is 58.8 Å². The molecule has 0 spiro atoms. The highest BCUT2D eigenvalue weighted by molar-refractivity contribution is 5.67. The van der Waals surface area contributed by atoms with Gasteiger partial charge in [0.1, 0.15) is 0 Å². The Kier molecular flexibility index (Phi) is 5.44.